The van der Waals surface area contributed by atoms with Crippen molar-refractivity contribution in [2.24, 2.45) is 0 Å². The summed E-state index contributed by atoms with van der Waals surface area (Å²) < 4.78 is 7.74. The molecule has 0 spiro atoms. The Morgan fingerprint density at radius 1 is 0.929 bits per heavy atom. The van der Waals surface area contributed by atoms with Gasteiger partial charge in [0.1, 0.15) is 17.1 Å². The van der Waals surface area contributed by atoms with Gasteiger partial charge in [0.2, 0.25) is 0 Å². The maximum absolute atomic E-state index is 12.7. The van der Waals surface area contributed by atoms with Gasteiger partial charge in [-0.3, -0.25) is 4.79 Å². The number of carbonyl (C=O) groups excluding carboxylic acids is 1. The molecule has 1 amide bonds. The van der Waals surface area contributed by atoms with Crippen LogP contribution < -0.4 is 10.1 Å². The first kappa shape index (κ1) is 17.8. The van der Waals surface area contributed by atoms with E-state index in [0.717, 1.165) is 17.1 Å². The number of rotatable bonds is 4. The average molecular weight is 371 g/mol. The summed E-state index contributed by atoms with van der Waals surface area (Å²) >= 11 is 0. The monoisotopic (exact) mass is 371 g/mol. The molecule has 0 aliphatic heterocycles. The quantitative estimate of drug-likeness (QED) is 0.529. The van der Waals surface area contributed by atoms with Crippen molar-refractivity contribution < 1.29 is 9.53 Å². The highest BCUT2D eigenvalue weighted by atomic mass is 16.5. The molecule has 28 heavy (non-hydrogen) atoms. The lowest BCUT2D eigenvalue weighted by molar-refractivity contribution is 0.102. The molecule has 0 fully saturated rings. The number of nitrogens with one attached hydrogen (secondary N) is 1. The molecule has 0 unspecified atom stereocenters. The summed E-state index contributed by atoms with van der Waals surface area (Å²) in [5, 5.41) is 2.93. The molecule has 2 aromatic heterocycles. The summed E-state index contributed by atoms with van der Waals surface area (Å²) in [5.41, 5.74) is 5.02. The molecule has 0 radical (unpaired) electrons. The van der Waals surface area contributed by atoms with Crippen LogP contribution in [0.25, 0.3) is 5.65 Å². The molecule has 4 aromatic rings. The normalized spacial score (nSPS) is 10.8. The van der Waals surface area contributed by atoms with Crippen LogP contribution >= 0.6 is 0 Å². The average Bonchev–Trinajstić information content (AvgIpc) is 3.09. The predicted molar refractivity (Wildman–Crippen MR) is 110 cm³/mol. The third-order valence-corrected chi connectivity index (χ3v) is 4.55. The molecular formula is C23H21N3O2. The topological polar surface area (TPSA) is 55.6 Å². The maximum atomic E-state index is 12.7. The van der Waals surface area contributed by atoms with Gasteiger partial charge in [-0.1, -0.05) is 17.7 Å². The first-order valence-electron chi connectivity index (χ1n) is 9.11. The summed E-state index contributed by atoms with van der Waals surface area (Å²) in [4.78, 5) is 17.2. The standard InChI is InChI=1S/C23H21N3O2/c1-15-4-8-19(9-5-15)28-20-10-6-18(7-11-20)25-23(27)21-12-13-26-17(3)14-16(2)24-22(21)26/h4-14H,1-3H3,(H,25,27). The van der Waals surface area contributed by atoms with Gasteiger partial charge in [-0.2, -0.15) is 0 Å². The van der Waals surface area contributed by atoms with Crippen LogP contribution in [0.2, 0.25) is 0 Å². The van der Waals surface area contributed by atoms with E-state index < -0.39 is 0 Å². The van der Waals surface area contributed by atoms with Gasteiger partial charge in [0.05, 0.1) is 5.56 Å². The Labute approximate surface area is 163 Å². The van der Waals surface area contributed by atoms with E-state index in [0.29, 0.717) is 22.6 Å². The highest BCUT2D eigenvalue weighted by molar-refractivity contribution is 6.08. The molecule has 0 saturated carbocycles. The minimum atomic E-state index is -0.188. The molecule has 5 nitrogen and oxygen atoms in total. The van der Waals surface area contributed by atoms with E-state index in [9.17, 15) is 4.79 Å². The Bertz CT molecular complexity index is 1140. The van der Waals surface area contributed by atoms with Gasteiger partial charge >= 0.3 is 0 Å². The van der Waals surface area contributed by atoms with Gasteiger partial charge in [-0.05, 0) is 69.3 Å². The minimum Gasteiger partial charge on any atom is -0.457 e. The first-order valence-corrected chi connectivity index (χ1v) is 9.11. The number of amides is 1. The molecule has 0 atom stereocenters. The van der Waals surface area contributed by atoms with Crippen molar-refractivity contribution in [1.29, 1.82) is 0 Å². The van der Waals surface area contributed by atoms with Crippen molar-refractivity contribution in [2.45, 2.75) is 20.8 Å². The van der Waals surface area contributed by atoms with Crippen LogP contribution in [-0.4, -0.2) is 15.3 Å². The van der Waals surface area contributed by atoms with Crippen LogP contribution in [0.1, 0.15) is 27.3 Å². The number of hydrogen-bond acceptors (Lipinski definition) is 3. The summed E-state index contributed by atoms with van der Waals surface area (Å²) in [5.74, 6) is 1.30. The van der Waals surface area contributed by atoms with Crippen molar-refractivity contribution in [2.75, 3.05) is 5.32 Å². The molecule has 140 valence electrons. The largest absolute Gasteiger partial charge is 0.457 e. The van der Waals surface area contributed by atoms with Crippen LogP contribution in [0.4, 0.5) is 5.69 Å². The van der Waals surface area contributed by atoms with E-state index in [4.69, 9.17) is 4.74 Å². The van der Waals surface area contributed by atoms with E-state index >= 15 is 0 Å². The lowest BCUT2D eigenvalue weighted by Crippen LogP contribution is -2.12. The molecule has 5 heteroatoms. The Hall–Kier alpha value is -3.60. The zero-order valence-corrected chi connectivity index (χ0v) is 16.1. The van der Waals surface area contributed by atoms with Crippen molar-refractivity contribution in [3.63, 3.8) is 0 Å². The zero-order chi connectivity index (χ0) is 19.7. The van der Waals surface area contributed by atoms with Gasteiger partial charge in [0.25, 0.3) is 5.91 Å². The number of fused-ring (bicyclic) bond motifs is 1. The second-order valence-corrected chi connectivity index (χ2v) is 6.86. The number of ether oxygens (including phenoxy) is 1. The van der Waals surface area contributed by atoms with Crippen LogP contribution in [-0.2, 0) is 0 Å². The Kier molecular flexibility index (Phi) is 4.57. The Balaban J connectivity index is 1.50. The molecule has 0 saturated heterocycles. The molecule has 2 heterocycles. The van der Waals surface area contributed by atoms with Gasteiger partial charge in [0.15, 0.2) is 0 Å². The highest BCUT2D eigenvalue weighted by Crippen LogP contribution is 2.24. The van der Waals surface area contributed by atoms with E-state index in [1.54, 1.807) is 6.07 Å². The molecule has 0 aliphatic carbocycles. The first-order chi connectivity index (χ1) is 13.5. The summed E-state index contributed by atoms with van der Waals surface area (Å²) in [6.07, 6.45) is 1.87. The zero-order valence-electron chi connectivity index (χ0n) is 16.1. The van der Waals surface area contributed by atoms with Gasteiger partial charge in [0, 0.05) is 23.3 Å². The third kappa shape index (κ3) is 3.60. The van der Waals surface area contributed by atoms with Crippen LogP contribution in [0.3, 0.4) is 0 Å². The molecule has 4 rings (SSSR count). The fourth-order valence-corrected chi connectivity index (χ4v) is 3.12. The second kappa shape index (κ2) is 7.19. The summed E-state index contributed by atoms with van der Waals surface area (Å²) in [6.45, 7) is 5.96. The Morgan fingerprint density at radius 3 is 2.25 bits per heavy atom. The summed E-state index contributed by atoms with van der Waals surface area (Å²) in [6, 6.07) is 19.0. The highest BCUT2D eigenvalue weighted by Gasteiger charge is 2.14. The SMILES string of the molecule is Cc1ccc(Oc2ccc(NC(=O)c3ccn4c(C)cc(C)nc34)cc2)cc1. The fraction of sp³-hybridized carbons (Fsp3) is 0.130. The van der Waals surface area contributed by atoms with Crippen LogP contribution in [0, 0.1) is 20.8 Å². The fourth-order valence-electron chi connectivity index (χ4n) is 3.12. The number of aryl methyl sites for hydroxylation is 3. The lowest BCUT2D eigenvalue weighted by Gasteiger charge is -2.08. The van der Waals surface area contributed by atoms with Gasteiger partial charge < -0.3 is 14.5 Å². The molecule has 1 N–H and O–H groups in total. The second-order valence-electron chi connectivity index (χ2n) is 6.86. The van der Waals surface area contributed by atoms with E-state index in [1.165, 1.54) is 5.56 Å². The number of carbonyl (C=O) groups is 1. The number of aromatic nitrogens is 2. The number of nitrogens with zero attached hydrogens (tertiary/aromatic N) is 2. The lowest BCUT2D eigenvalue weighted by atomic mass is 10.2. The van der Waals surface area contributed by atoms with Gasteiger partial charge in [-0.15, -0.1) is 0 Å². The van der Waals surface area contributed by atoms with E-state index in [1.807, 2.05) is 86.0 Å². The van der Waals surface area contributed by atoms with Crippen molar-refractivity contribution in [3.8, 4) is 11.5 Å². The van der Waals surface area contributed by atoms with Crippen molar-refractivity contribution in [3.05, 3.63) is 89.4 Å². The maximum Gasteiger partial charge on any atom is 0.259 e. The van der Waals surface area contributed by atoms with Crippen LogP contribution in [0.5, 0.6) is 11.5 Å². The molecular weight excluding hydrogens is 350 g/mol. The van der Waals surface area contributed by atoms with Gasteiger partial charge in [-0.25, -0.2) is 4.98 Å². The van der Waals surface area contributed by atoms with E-state index in [-0.39, 0.29) is 5.91 Å². The van der Waals surface area contributed by atoms with E-state index in [2.05, 4.69) is 10.3 Å². The predicted octanol–water partition coefficient (Wildman–Crippen LogP) is 5.30. The van der Waals surface area contributed by atoms with Crippen molar-refractivity contribution in [1.82, 2.24) is 9.38 Å². The number of benzene rings is 2. The number of anilines is 1. The van der Waals surface area contributed by atoms with Crippen LogP contribution in [0.15, 0.2) is 66.9 Å². The summed E-state index contributed by atoms with van der Waals surface area (Å²) in [7, 11) is 0. The molecule has 0 bridgehead atoms. The molecule has 2 aromatic carbocycles. The smallest absolute Gasteiger partial charge is 0.259 e. The minimum absolute atomic E-state index is 0.188. The third-order valence-electron chi connectivity index (χ3n) is 4.55. The number of hydrogen-bond donors (Lipinski definition) is 1. The Morgan fingerprint density at radius 2 is 1.57 bits per heavy atom. The molecule has 0 aliphatic rings. The van der Waals surface area contributed by atoms with Crippen molar-refractivity contribution >= 4 is 17.2 Å².